The van der Waals surface area contributed by atoms with E-state index < -0.39 is 0 Å². The van der Waals surface area contributed by atoms with E-state index in [1.54, 1.807) is 0 Å². The lowest BCUT2D eigenvalue weighted by atomic mass is 10.2. The highest BCUT2D eigenvalue weighted by molar-refractivity contribution is 5.48. The number of hydrogen-bond acceptors (Lipinski definition) is 5. The van der Waals surface area contributed by atoms with Crippen molar-refractivity contribution in [1.29, 1.82) is 0 Å². The Balaban J connectivity index is 2.18. The molecule has 19 heavy (non-hydrogen) atoms. The summed E-state index contributed by atoms with van der Waals surface area (Å²) >= 11 is 0. The van der Waals surface area contributed by atoms with Gasteiger partial charge in [0.15, 0.2) is 5.82 Å². The fourth-order valence-electron chi connectivity index (χ4n) is 2.12. The van der Waals surface area contributed by atoms with E-state index in [9.17, 15) is 0 Å². The molecule has 106 valence electrons. The van der Waals surface area contributed by atoms with E-state index in [2.05, 4.69) is 28.7 Å². The van der Waals surface area contributed by atoms with Gasteiger partial charge in [-0.3, -0.25) is 0 Å². The Kier molecular flexibility index (Phi) is 4.58. The number of ether oxygens (including phenoxy) is 1. The van der Waals surface area contributed by atoms with Crippen molar-refractivity contribution in [3.63, 3.8) is 0 Å². The SMILES string of the molecule is CCOCc1nc(N)cc(N(CC(C)C)C2CC2)n1. The first-order valence-electron chi connectivity index (χ1n) is 7.08. The van der Waals surface area contributed by atoms with Crippen LogP contribution < -0.4 is 10.6 Å². The topological polar surface area (TPSA) is 64.3 Å². The minimum Gasteiger partial charge on any atom is -0.384 e. The van der Waals surface area contributed by atoms with Crippen LogP contribution in [0.2, 0.25) is 0 Å². The van der Waals surface area contributed by atoms with Crippen LogP contribution in [0, 0.1) is 5.92 Å². The highest BCUT2D eigenvalue weighted by Crippen LogP contribution is 2.31. The van der Waals surface area contributed by atoms with Crippen molar-refractivity contribution >= 4 is 11.6 Å². The highest BCUT2D eigenvalue weighted by Gasteiger charge is 2.30. The summed E-state index contributed by atoms with van der Waals surface area (Å²) in [5, 5.41) is 0. The molecule has 0 atom stereocenters. The summed E-state index contributed by atoms with van der Waals surface area (Å²) in [7, 11) is 0. The van der Waals surface area contributed by atoms with Crippen molar-refractivity contribution in [2.24, 2.45) is 5.92 Å². The monoisotopic (exact) mass is 264 g/mol. The summed E-state index contributed by atoms with van der Waals surface area (Å²) in [6.07, 6.45) is 2.49. The fourth-order valence-corrected chi connectivity index (χ4v) is 2.12. The zero-order valence-corrected chi connectivity index (χ0v) is 12.1. The van der Waals surface area contributed by atoms with Crippen LogP contribution in [-0.2, 0) is 11.3 Å². The predicted molar refractivity (Wildman–Crippen MR) is 77.0 cm³/mol. The van der Waals surface area contributed by atoms with Crippen molar-refractivity contribution in [3.8, 4) is 0 Å². The van der Waals surface area contributed by atoms with Gasteiger partial charge in [0.25, 0.3) is 0 Å². The standard InChI is InChI=1S/C14H24N4O/c1-4-19-9-13-16-12(15)7-14(17-13)18(8-10(2)3)11-5-6-11/h7,10-11H,4-6,8-9H2,1-3H3,(H2,15,16,17). The summed E-state index contributed by atoms with van der Waals surface area (Å²) in [5.74, 6) is 2.74. The van der Waals surface area contributed by atoms with Gasteiger partial charge in [0.2, 0.25) is 0 Å². The molecule has 1 aliphatic carbocycles. The maximum Gasteiger partial charge on any atom is 0.158 e. The minimum absolute atomic E-state index is 0.425. The first-order chi connectivity index (χ1) is 9.10. The van der Waals surface area contributed by atoms with E-state index in [-0.39, 0.29) is 0 Å². The Morgan fingerprint density at radius 3 is 2.74 bits per heavy atom. The quantitative estimate of drug-likeness (QED) is 0.818. The van der Waals surface area contributed by atoms with E-state index in [0.29, 0.717) is 36.8 Å². The maximum absolute atomic E-state index is 5.89. The molecule has 0 radical (unpaired) electrons. The van der Waals surface area contributed by atoms with Crippen LogP contribution >= 0.6 is 0 Å². The Labute approximate surface area is 115 Å². The molecule has 1 aliphatic rings. The third-order valence-corrected chi connectivity index (χ3v) is 3.06. The first kappa shape index (κ1) is 14.1. The van der Waals surface area contributed by atoms with Crippen molar-refractivity contribution < 1.29 is 4.74 Å². The first-order valence-corrected chi connectivity index (χ1v) is 7.08. The summed E-state index contributed by atoms with van der Waals surface area (Å²) in [5.41, 5.74) is 5.89. The average molecular weight is 264 g/mol. The van der Waals surface area contributed by atoms with Gasteiger partial charge in [0.1, 0.15) is 18.2 Å². The average Bonchev–Trinajstić information content (AvgIpc) is 3.16. The van der Waals surface area contributed by atoms with Crippen LogP contribution in [0.5, 0.6) is 0 Å². The van der Waals surface area contributed by atoms with Gasteiger partial charge in [-0.1, -0.05) is 13.8 Å². The van der Waals surface area contributed by atoms with Gasteiger partial charge in [-0.2, -0.15) is 0 Å². The molecular weight excluding hydrogens is 240 g/mol. The van der Waals surface area contributed by atoms with Crippen molar-refractivity contribution in [1.82, 2.24) is 9.97 Å². The molecule has 2 rings (SSSR count). The lowest BCUT2D eigenvalue weighted by Gasteiger charge is -2.26. The van der Waals surface area contributed by atoms with Gasteiger partial charge in [-0.25, -0.2) is 9.97 Å². The number of rotatable bonds is 7. The number of nitrogen functional groups attached to an aromatic ring is 1. The van der Waals surface area contributed by atoms with Gasteiger partial charge in [-0.05, 0) is 25.7 Å². The van der Waals surface area contributed by atoms with Crippen LogP contribution in [0.15, 0.2) is 6.07 Å². The van der Waals surface area contributed by atoms with E-state index in [1.165, 1.54) is 12.8 Å². The minimum atomic E-state index is 0.425. The lowest BCUT2D eigenvalue weighted by molar-refractivity contribution is 0.128. The van der Waals surface area contributed by atoms with Gasteiger partial charge in [0.05, 0.1) is 0 Å². The Morgan fingerprint density at radius 1 is 1.42 bits per heavy atom. The molecule has 5 nitrogen and oxygen atoms in total. The zero-order valence-electron chi connectivity index (χ0n) is 12.1. The number of hydrogen-bond donors (Lipinski definition) is 1. The Morgan fingerprint density at radius 2 is 2.16 bits per heavy atom. The normalized spacial score (nSPS) is 14.9. The van der Waals surface area contributed by atoms with Gasteiger partial charge >= 0.3 is 0 Å². The van der Waals surface area contributed by atoms with Crippen molar-refractivity contribution in [2.45, 2.75) is 46.3 Å². The summed E-state index contributed by atoms with van der Waals surface area (Å²) < 4.78 is 5.37. The second-order valence-electron chi connectivity index (χ2n) is 5.48. The summed E-state index contributed by atoms with van der Waals surface area (Å²) in [6, 6.07) is 2.49. The third-order valence-electron chi connectivity index (χ3n) is 3.06. The molecule has 1 saturated carbocycles. The second-order valence-corrected chi connectivity index (χ2v) is 5.48. The molecule has 0 saturated heterocycles. The van der Waals surface area contributed by atoms with Gasteiger partial charge < -0.3 is 15.4 Å². The maximum atomic E-state index is 5.89. The lowest BCUT2D eigenvalue weighted by Crippen LogP contribution is -2.31. The van der Waals surface area contributed by atoms with Crippen molar-refractivity contribution in [2.75, 3.05) is 23.8 Å². The molecule has 0 spiro atoms. The van der Waals surface area contributed by atoms with Crippen LogP contribution in [0.3, 0.4) is 0 Å². The molecule has 1 aromatic heterocycles. The highest BCUT2D eigenvalue weighted by atomic mass is 16.5. The van der Waals surface area contributed by atoms with Crippen LogP contribution in [0.1, 0.15) is 39.4 Å². The molecule has 1 fully saturated rings. The van der Waals surface area contributed by atoms with Crippen molar-refractivity contribution in [3.05, 3.63) is 11.9 Å². The molecule has 0 unspecified atom stereocenters. The van der Waals surface area contributed by atoms with Crippen LogP contribution in [-0.4, -0.2) is 29.2 Å². The fraction of sp³-hybridized carbons (Fsp3) is 0.714. The number of aromatic nitrogens is 2. The molecule has 1 aromatic rings. The van der Waals surface area contributed by atoms with Gasteiger partial charge in [0, 0.05) is 25.3 Å². The summed E-state index contributed by atoms with van der Waals surface area (Å²) in [4.78, 5) is 11.2. The predicted octanol–water partition coefficient (Wildman–Crippen LogP) is 2.22. The van der Waals surface area contributed by atoms with E-state index >= 15 is 0 Å². The Hall–Kier alpha value is -1.36. The number of nitrogens with two attached hydrogens (primary N) is 1. The van der Waals surface area contributed by atoms with Crippen LogP contribution in [0.25, 0.3) is 0 Å². The second kappa shape index (κ2) is 6.19. The molecule has 0 aliphatic heterocycles. The third kappa shape index (κ3) is 4.06. The zero-order chi connectivity index (χ0) is 13.8. The smallest absolute Gasteiger partial charge is 0.158 e. The van der Waals surface area contributed by atoms with Gasteiger partial charge in [-0.15, -0.1) is 0 Å². The summed E-state index contributed by atoms with van der Waals surface area (Å²) in [6.45, 7) is 8.50. The van der Waals surface area contributed by atoms with E-state index in [4.69, 9.17) is 10.5 Å². The Bertz CT molecular complexity index is 418. The molecule has 1 heterocycles. The molecular formula is C14H24N4O. The van der Waals surface area contributed by atoms with Crippen LogP contribution in [0.4, 0.5) is 11.6 Å². The largest absolute Gasteiger partial charge is 0.384 e. The molecule has 0 aromatic carbocycles. The molecule has 2 N–H and O–H groups in total. The molecule has 0 bridgehead atoms. The molecule has 0 amide bonds. The van der Waals surface area contributed by atoms with E-state index in [1.807, 2.05) is 13.0 Å². The number of anilines is 2. The van der Waals surface area contributed by atoms with E-state index in [0.717, 1.165) is 12.4 Å². The molecule has 5 heteroatoms. The number of nitrogens with zero attached hydrogens (tertiary/aromatic N) is 3.